The summed E-state index contributed by atoms with van der Waals surface area (Å²) in [5.74, 6) is -1.05. The zero-order valence-corrected chi connectivity index (χ0v) is 19.7. The molecular weight excluding hydrogens is 452 g/mol. The van der Waals surface area contributed by atoms with Crippen LogP contribution in [0.5, 0.6) is 0 Å². The molecule has 1 aliphatic rings. The first kappa shape index (κ1) is 24.2. The minimum atomic E-state index is -3.50. The number of hydrogen-bond acceptors (Lipinski definition) is 5. The quantitative estimate of drug-likeness (QED) is 0.607. The van der Waals surface area contributed by atoms with Gasteiger partial charge in [-0.05, 0) is 62.1 Å². The number of esters is 1. The van der Waals surface area contributed by atoms with E-state index in [2.05, 4.69) is 5.32 Å². The molecule has 0 bridgehead atoms. The molecule has 1 fully saturated rings. The Kier molecular flexibility index (Phi) is 7.92. The number of aryl methyl sites for hydroxylation is 1. The van der Waals surface area contributed by atoms with E-state index < -0.39 is 16.0 Å². The smallest absolute Gasteiger partial charge is 0.338 e. The van der Waals surface area contributed by atoms with Crippen LogP contribution in [-0.4, -0.2) is 44.3 Å². The van der Waals surface area contributed by atoms with Gasteiger partial charge in [0.25, 0.3) is 0 Å². The normalized spacial score (nSPS) is 15.3. The summed E-state index contributed by atoms with van der Waals surface area (Å²) in [7, 11) is -3.50. The van der Waals surface area contributed by atoms with Crippen molar-refractivity contribution in [2.45, 2.75) is 32.4 Å². The van der Waals surface area contributed by atoms with Gasteiger partial charge in [0, 0.05) is 29.7 Å². The predicted octanol–water partition coefficient (Wildman–Crippen LogP) is 4.01. The van der Waals surface area contributed by atoms with E-state index in [0.29, 0.717) is 34.7 Å². The number of anilines is 1. The van der Waals surface area contributed by atoms with Gasteiger partial charge in [-0.2, -0.15) is 0 Å². The summed E-state index contributed by atoms with van der Waals surface area (Å²) in [5.41, 5.74) is 2.38. The maximum absolute atomic E-state index is 12.8. The lowest BCUT2D eigenvalue weighted by Gasteiger charge is -2.30. The van der Waals surface area contributed by atoms with Gasteiger partial charge in [-0.3, -0.25) is 4.79 Å². The van der Waals surface area contributed by atoms with Crippen molar-refractivity contribution in [1.29, 1.82) is 0 Å². The molecule has 172 valence electrons. The van der Waals surface area contributed by atoms with Crippen LogP contribution in [0.4, 0.5) is 5.69 Å². The Hall–Kier alpha value is -2.42. The van der Waals surface area contributed by atoms with Gasteiger partial charge in [-0.25, -0.2) is 17.5 Å². The fraction of sp³-hybridized carbons (Fsp3) is 0.391. The number of carbonyl (C=O) groups excluding carboxylic acids is 2. The monoisotopic (exact) mass is 478 g/mol. The molecule has 7 nitrogen and oxygen atoms in total. The Labute approximate surface area is 193 Å². The number of hydrogen-bond donors (Lipinski definition) is 1. The number of nitrogens with zero attached hydrogens (tertiary/aromatic N) is 1. The van der Waals surface area contributed by atoms with Crippen LogP contribution in [0.25, 0.3) is 0 Å². The average Bonchev–Trinajstić information content (AvgIpc) is 2.75. The molecule has 0 saturated carbocycles. The lowest BCUT2D eigenvalue weighted by Crippen LogP contribution is -2.41. The Morgan fingerprint density at radius 3 is 2.53 bits per heavy atom. The second-order valence-corrected chi connectivity index (χ2v) is 10.2. The SMILES string of the molecule is CCOC(=O)c1ccc(C)c(NC(=O)C2CCN(S(=O)(=O)Cc3cccc(Cl)c3)CC2)c1. The minimum absolute atomic E-state index is 0.121. The highest BCUT2D eigenvalue weighted by Crippen LogP contribution is 2.25. The number of nitrogens with one attached hydrogen (secondary N) is 1. The van der Waals surface area contributed by atoms with Gasteiger partial charge in [-0.15, -0.1) is 0 Å². The Bertz CT molecular complexity index is 1100. The molecule has 1 amide bonds. The second kappa shape index (κ2) is 10.5. The fourth-order valence-electron chi connectivity index (χ4n) is 3.66. The van der Waals surface area contributed by atoms with Gasteiger partial charge in [0.1, 0.15) is 0 Å². The van der Waals surface area contributed by atoms with E-state index >= 15 is 0 Å². The Morgan fingerprint density at radius 2 is 1.88 bits per heavy atom. The number of amides is 1. The third kappa shape index (κ3) is 6.09. The summed E-state index contributed by atoms with van der Waals surface area (Å²) in [5, 5.41) is 3.38. The van der Waals surface area contributed by atoms with Crippen molar-refractivity contribution in [1.82, 2.24) is 4.31 Å². The van der Waals surface area contributed by atoms with Gasteiger partial charge < -0.3 is 10.1 Å². The highest BCUT2D eigenvalue weighted by Gasteiger charge is 2.31. The summed E-state index contributed by atoms with van der Waals surface area (Å²) in [6.45, 7) is 4.41. The molecule has 1 aliphatic heterocycles. The maximum atomic E-state index is 12.8. The van der Waals surface area contributed by atoms with Crippen molar-refractivity contribution in [3.05, 3.63) is 64.2 Å². The van der Waals surface area contributed by atoms with Crippen molar-refractivity contribution in [3.8, 4) is 0 Å². The molecule has 0 atom stereocenters. The number of halogens is 1. The largest absolute Gasteiger partial charge is 0.462 e. The average molecular weight is 479 g/mol. The van der Waals surface area contributed by atoms with Gasteiger partial charge in [0.2, 0.25) is 15.9 Å². The van der Waals surface area contributed by atoms with E-state index in [1.165, 1.54) is 4.31 Å². The first-order valence-electron chi connectivity index (χ1n) is 10.5. The number of sulfonamides is 1. The van der Waals surface area contributed by atoms with Crippen molar-refractivity contribution < 1.29 is 22.7 Å². The van der Waals surface area contributed by atoms with E-state index in [-0.39, 0.29) is 37.3 Å². The highest BCUT2D eigenvalue weighted by atomic mass is 35.5. The van der Waals surface area contributed by atoms with E-state index in [0.717, 1.165) is 5.56 Å². The van der Waals surface area contributed by atoms with Crippen LogP contribution < -0.4 is 5.32 Å². The van der Waals surface area contributed by atoms with Gasteiger partial charge in [-0.1, -0.05) is 29.8 Å². The summed E-state index contributed by atoms with van der Waals surface area (Å²) >= 11 is 5.96. The molecule has 2 aromatic carbocycles. The van der Waals surface area contributed by atoms with Crippen LogP contribution in [0.1, 0.15) is 41.3 Å². The number of carbonyl (C=O) groups is 2. The molecule has 0 radical (unpaired) electrons. The van der Waals surface area contributed by atoms with E-state index in [1.807, 2.05) is 6.92 Å². The lowest BCUT2D eigenvalue weighted by atomic mass is 9.97. The van der Waals surface area contributed by atoms with Gasteiger partial charge >= 0.3 is 5.97 Å². The maximum Gasteiger partial charge on any atom is 0.338 e. The molecule has 32 heavy (non-hydrogen) atoms. The zero-order chi connectivity index (χ0) is 23.3. The highest BCUT2D eigenvalue weighted by molar-refractivity contribution is 7.88. The van der Waals surface area contributed by atoms with Crippen molar-refractivity contribution in [2.75, 3.05) is 25.0 Å². The predicted molar refractivity (Wildman–Crippen MR) is 124 cm³/mol. The van der Waals surface area contributed by atoms with Crippen LogP contribution in [0, 0.1) is 12.8 Å². The zero-order valence-electron chi connectivity index (χ0n) is 18.1. The molecule has 3 rings (SSSR count). The third-order valence-corrected chi connectivity index (χ3v) is 7.55. The Morgan fingerprint density at radius 1 is 1.16 bits per heavy atom. The van der Waals surface area contributed by atoms with E-state index in [1.54, 1.807) is 49.4 Å². The van der Waals surface area contributed by atoms with Crippen LogP contribution in [0.15, 0.2) is 42.5 Å². The van der Waals surface area contributed by atoms with E-state index in [9.17, 15) is 18.0 Å². The molecule has 0 aliphatic carbocycles. The van der Waals surface area contributed by atoms with E-state index in [4.69, 9.17) is 16.3 Å². The number of ether oxygens (including phenoxy) is 1. The summed E-state index contributed by atoms with van der Waals surface area (Å²) in [6, 6.07) is 11.8. The Balaban J connectivity index is 1.60. The summed E-state index contributed by atoms with van der Waals surface area (Å²) in [4.78, 5) is 24.8. The van der Waals surface area contributed by atoms with Crippen LogP contribution >= 0.6 is 11.6 Å². The minimum Gasteiger partial charge on any atom is -0.462 e. The fourth-order valence-corrected chi connectivity index (χ4v) is 5.42. The molecule has 1 heterocycles. The van der Waals surface area contributed by atoms with Crippen LogP contribution in [0.3, 0.4) is 0 Å². The van der Waals surface area contributed by atoms with Gasteiger partial charge in [0.05, 0.1) is 17.9 Å². The second-order valence-electron chi connectivity index (χ2n) is 7.80. The van der Waals surface area contributed by atoms with Gasteiger partial charge in [0.15, 0.2) is 0 Å². The standard InChI is InChI=1S/C23H27ClN2O5S/c1-3-31-23(28)19-8-7-16(2)21(14-19)25-22(27)18-9-11-26(12-10-18)32(29,30)15-17-5-4-6-20(24)13-17/h4-8,13-14,18H,3,9-12,15H2,1-2H3,(H,25,27). The lowest BCUT2D eigenvalue weighted by molar-refractivity contribution is -0.120. The molecular formula is C23H27ClN2O5S. The van der Waals surface area contributed by atoms with Crippen LogP contribution in [0.2, 0.25) is 5.02 Å². The summed E-state index contributed by atoms with van der Waals surface area (Å²) < 4.78 is 32.0. The molecule has 0 aromatic heterocycles. The first-order chi connectivity index (χ1) is 15.2. The molecule has 9 heteroatoms. The number of rotatable bonds is 7. The van der Waals surface area contributed by atoms with Crippen molar-refractivity contribution >= 4 is 39.2 Å². The van der Waals surface area contributed by atoms with Crippen LogP contribution in [-0.2, 0) is 25.3 Å². The molecule has 2 aromatic rings. The molecule has 0 spiro atoms. The van der Waals surface area contributed by atoms with Crippen molar-refractivity contribution in [3.63, 3.8) is 0 Å². The topological polar surface area (TPSA) is 92.8 Å². The summed E-state index contributed by atoms with van der Waals surface area (Å²) in [6.07, 6.45) is 0.856. The molecule has 0 unspecified atom stereocenters. The molecule has 1 saturated heterocycles. The molecule has 1 N–H and O–H groups in total. The first-order valence-corrected chi connectivity index (χ1v) is 12.5. The van der Waals surface area contributed by atoms with Crippen molar-refractivity contribution in [2.24, 2.45) is 5.92 Å². The number of piperidine rings is 1. The third-order valence-electron chi connectivity index (χ3n) is 5.46. The number of benzene rings is 2.